The van der Waals surface area contributed by atoms with E-state index >= 15 is 0 Å². The molecule has 0 saturated carbocycles. The molecule has 8 heteroatoms. The van der Waals surface area contributed by atoms with E-state index < -0.39 is 21.0 Å². The van der Waals surface area contributed by atoms with Gasteiger partial charge in [-0.05, 0) is 36.6 Å². The third-order valence-corrected chi connectivity index (χ3v) is 6.71. The van der Waals surface area contributed by atoms with Crippen molar-refractivity contribution in [3.63, 3.8) is 0 Å². The predicted molar refractivity (Wildman–Crippen MR) is 85.5 cm³/mol. The first-order chi connectivity index (χ1) is 9.82. The molecule has 1 atom stereocenters. The van der Waals surface area contributed by atoms with Gasteiger partial charge in [0.15, 0.2) is 9.84 Å². The summed E-state index contributed by atoms with van der Waals surface area (Å²) < 4.78 is 24.7. The summed E-state index contributed by atoms with van der Waals surface area (Å²) in [5.74, 6) is -0.620. The van der Waals surface area contributed by atoms with Crippen molar-refractivity contribution in [1.29, 1.82) is 0 Å². The van der Waals surface area contributed by atoms with Crippen LogP contribution in [0, 0.1) is 0 Å². The lowest BCUT2D eigenvalue weighted by Gasteiger charge is -2.12. The number of carbonyl (C=O) groups excluding carboxylic acids is 1. The van der Waals surface area contributed by atoms with E-state index in [1.165, 1.54) is 25.1 Å². The van der Waals surface area contributed by atoms with E-state index in [0.29, 0.717) is 16.4 Å². The summed E-state index contributed by atoms with van der Waals surface area (Å²) in [4.78, 5) is 12.1. The summed E-state index contributed by atoms with van der Waals surface area (Å²) in [6.45, 7) is 1.35. The van der Waals surface area contributed by atoms with Crippen LogP contribution in [0.5, 0.6) is 0 Å². The summed E-state index contributed by atoms with van der Waals surface area (Å²) in [5.41, 5.74) is 6.34. The average Bonchev–Trinajstić information content (AvgIpc) is 2.96. The minimum atomic E-state index is -3.68. The van der Waals surface area contributed by atoms with Crippen molar-refractivity contribution in [3.8, 4) is 0 Å². The molecule has 1 aromatic heterocycles. The molecule has 0 radical (unpaired) electrons. The van der Waals surface area contributed by atoms with Crippen LogP contribution in [0.1, 0.15) is 6.92 Å². The molecular formula is C13H13ClN2O3S2. The first-order valence-electron chi connectivity index (χ1n) is 5.95. The minimum Gasteiger partial charge on any atom is -0.397 e. The monoisotopic (exact) mass is 344 g/mol. The van der Waals surface area contributed by atoms with E-state index in [0.717, 1.165) is 11.3 Å². The highest BCUT2D eigenvalue weighted by atomic mass is 35.5. The lowest BCUT2D eigenvalue weighted by molar-refractivity contribution is -0.115. The molecule has 0 saturated heterocycles. The second kappa shape index (κ2) is 6.05. The van der Waals surface area contributed by atoms with Crippen molar-refractivity contribution in [3.05, 3.63) is 40.7 Å². The SMILES string of the molecule is CC(C(=O)Nc1ccc(Cl)c(N)c1)S(=O)(=O)c1cccs1. The first kappa shape index (κ1) is 15.8. The van der Waals surface area contributed by atoms with Gasteiger partial charge in [-0.25, -0.2) is 8.42 Å². The molecular weight excluding hydrogens is 332 g/mol. The van der Waals surface area contributed by atoms with Gasteiger partial charge in [0.25, 0.3) is 0 Å². The maximum atomic E-state index is 12.2. The highest BCUT2D eigenvalue weighted by molar-refractivity contribution is 7.94. The summed E-state index contributed by atoms with van der Waals surface area (Å²) in [6, 6.07) is 7.67. The molecule has 0 fully saturated rings. The highest BCUT2D eigenvalue weighted by Gasteiger charge is 2.30. The minimum absolute atomic E-state index is 0.167. The van der Waals surface area contributed by atoms with Gasteiger partial charge < -0.3 is 11.1 Å². The molecule has 2 rings (SSSR count). The third-order valence-electron chi connectivity index (χ3n) is 2.87. The zero-order valence-corrected chi connectivity index (χ0v) is 13.4. The molecule has 2 aromatic rings. The maximum Gasteiger partial charge on any atom is 0.242 e. The number of hydrogen-bond donors (Lipinski definition) is 2. The Kier molecular flexibility index (Phi) is 4.55. The smallest absolute Gasteiger partial charge is 0.242 e. The van der Waals surface area contributed by atoms with Gasteiger partial charge in [-0.3, -0.25) is 4.79 Å². The average molecular weight is 345 g/mol. The number of halogens is 1. The fourth-order valence-corrected chi connectivity index (χ4v) is 4.27. The molecule has 21 heavy (non-hydrogen) atoms. The summed E-state index contributed by atoms with van der Waals surface area (Å²) in [6.07, 6.45) is 0. The van der Waals surface area contributed by atoms with E-state index in [2.05, 4.69) is 5.32 Å². The largest absolute Gasteiger partial charge is 0.397 e. The van der Waals surface area contributed by atoms with E-state index in [9.17, 15) is 13.2 Å². The van der Waals surface area contributed by atoms with Crippen LogP contribution < -0.4 is 11.1 Å². The Morgan fingerprint density at radius 1 is 1.38 bits per heavy atom. The van der Waals surface area contributed by atoms with Crippen LogP contribution in [0.15, 0.2) is 39.9 Å². The lowest BCUT2D eigenvalue weighted by Crippen LogP contribution is -2.32. The molecule has 0 aliphatic heterocycles. The van der Waals surface area contributed by atoms with Crippen molar-refractivity contribution in [2.75, 3.05) is 11.1 Å². The summed E-state index contributed by atoms with van der Waals surface area (Å²) >= 11 is 6.87. The molecule has 1 heterocycles. The second-order valence-corrected chi connectivity index (χ2v) is 8.20. The highest BCUT2D eigenvalue weighted by Crippen LogP contribution is 2.24. The number of anilines is 2. The van der Waals surface area contributed by atoms with Gasteiger partial charge >= 0.3 is 0 Å². The van der Waals surface area contributed by atoms with Gasteiger partial charge in [-0.15, -0.1) is 11.3 Å². The Labute approximate surface area is 131 Å². The normalized spacial score (nSPS) is 12.9. The van der Waals surface area contributed by atoms with Crippen LogP contribution in [0.2, 0.25) is 5.02 Å². The van der Waals surface area contributed by atoms with Crippen LogP contribution in [0.3, 0.4) is 0 Å². The molecule has 1 amide bonds. The lowest BCUT2D eigenvalue weighted by atomic mass is 10.2. The molecule has 5 nitrogen and oxygen atoms in total. The Hall–Kier alpha value is -1.57. The van der Waals surface area contributed by atoms with E-state index in [1.807, 2.05) is 0 Å². The van der Waals surface area contributed by atoms with Gasteiger partial charge in [0.05, 0.1) is 10.7 Å². The molecule has 1 unspecified atom stereocenters. The third kappa shape index (κ3) is 3.37. The topological polar surface area (TPSA) is 89.3 Å². The Morgan fingerprint density at radius 2 is 2.10 bits per heavy atom. The standard InChI is InChI=1S/C13H13ClN2O3S2/c1-8(21(18,19)12-3-2-6-20-12)13(17)16-9-4-5-10(14)11(15)7-9/h2-8H,15H2,1H3,(H,16,17). The van der Waals surface area contributed by atoms with Crippen LogP contribution >= 0.6 is 22.9 Å². The van der Waals surface area contributed by atoms with Crippen LogP contribution in [-0.2, 0) is 14.6 Å². The molecule has 0 spiro atoms. The summed E-state index contributed by atoms with van der Waals surface area (Å²) in [5, 5.41) is 3.34. The molecule has 0 aliphatic carbocycles. The van der Waals surface area contributed by atoms with E-state index in [1.54, 1.807) is 17.5 Å². The van der Waals surface area contributed by atoms with Gasteiger partial charge in [-0.2, -0.15) is 0 Å². The Bertz CT molecular complexity index is 758. The quantitative estimate of drug-likeness (QED) is 0.834. The van der Waals surface area contributed by atoms with Gasteiger partial charge in [0, 0.05) is 5.69 Å². The van der Waals surface area contributed by atoms with Crippen molar-refractivity contribution in [2.45, 2.75) is 16.4 Å². The zero-order chi connectivity index (χ0) is 15.6. The van der Waals surface area contributed by atoms with Gasteiger partial charge in [-0.1, -0.05) is 17.7 Å². The fraction of sp³-hybridized carbons (Fsp3) is 0.154. The molecule has 0 aliphatic rings. The number of nitrogens with two attached hydrogens (primary N) is 1. The second-order valence-electron chi connectivity index (χ2n) is 4.34. The van der Waals surface area contributed by atoms with Gasteiger partial charge in [0.2, 0.25) is 5.91 Å². The predicted octanol–water partition coefficient (Wildman–Crippen LogP) is 2.78. The zero-order valence-electron chi connectivity index (χ0n) is 11.0. The molecule has 0 bridgehead atoms. The number of benzene rings is 1. The summed E-state index contributed by atoms with van der Waals surface area (Å²) in [7, 11) is -3.68. The van der Waals surface area contributed by atoms with Crippen molar-refractivity contribution >= 4 is 50.1 Å². The Morgan fingerprint density at radius 3 is 2.67 bits per heavy atom. The first-order valence-corrected chi connectivity index (χ1v) is 8.76. The number of hydrogen-bond acceptors (Lipinski definition) is 5. The molecule has 112 valence electrons. The number of sulfone groups is 1. The maximum absolute atomic E-state index is 12.2. The number of thiophene rings is 1. The van der Waals surface area contributed by atoms with Crippen LogP contribution in [0.4, 0.5) is 11.4 Å². The molecule has 3 N–H and O–H groups in total. The van der Waals surface area contributed by atoms with E-state index in [4.69, 9.17) is 17.3 Å². The van der Waals surface area contributed by atoms with E-state index in [-0.39, 0.29) is 4.21 Å². The number of amides is 1. The number of rotatable bonds is 4. The Balaban J connectivity index is 2.18. The van der Waals surface area contributed by atoms with Gasteiger partial charge in [0.1, 0.15) is 9.46 Å². The van der Waals surface area contributed by atoms with Crippen LogP contribution in [0.25, 0.3) is 0 Å². The fourth-order valence-electron chi connectivity index (χ4n) is 1.61. The number of carbonyl (C=O) groups is 1. The van der Waals surface area contributed by atoms with Crippen molar-refractivity contribution in [2.24, 2.45) is 0 Å². The molecule has 1 aromatic carbocycles. The number of nitrogens with one attached hydrogen (secondary N) is 1. The van der Waals surface area contributed by atoms with Crippen molar-refractivity contribution < 1.29 is 13.2 Å². The van der Waals surface area contributed by atoms with Crippen LogP contribution in [-0.4, -0.2) is 19.6 Å². The van der Waals surface area contributed by atoms with Crippen molar-refractivity contribution in [1.82, 2.24) is 0 Å². The number of nitrogen functional groups attached to an aromatic ring is 1.